The second-order valence-corrected chi connectivity index (χ2v) is 17.2. The summed E-state index contributed by atoms with van der Waals surface area (Å²) in [5.41, 5.74) is 12.7. The van der Waals surface area contributed by atoms with Crippen LogP contribution >= 0.6 is 22.7 Å². The average Bonchev–Trinajstić information content (AvgIpc) is 3.91. The number of thiophene rings is 2. The van der Waals surface area contributed by atoms with Crippen molar-refractivity contribution in [1.29, 1.82) is 0 Å². The van der Waals surface area contributed by atoms with E-state index in [2.05, 4.69) is 182 Å². The first-order valence-corrected chi connectivity index (χ1v) is 21.7. The zero-order valence-corrected chi connectivity index (χ0v) is 33.8. The molecule has 0 N–H and O–H groups in total. The van der Waals surface area contributed by atoms with Crippen molar-refractivity contribution in [2.75, 3.05) is 0 Å². The smallest absolute Gasteiger partial charge is 0.160 e. The van der Waals surface area contributed by atoms with Crippen LogP contribution in [0.4, 0.5) is 0 Å². The highest BCUT2D eigenvalue weighted by Crippen LogP contribution is 2.44. The normalized spacial score (nSPS) is 11.7. The predicted octanol–water partition coefficient (Wildman–Crippen LogP) is 15.8. The summed E-state index contributed by atoms with van der Waals surface area (Å²) in [5.74, 6) is 0.697. The summed E-state index contributed by atoms with van der Waals surface area (Å²) >= 11 is 3.67. The van der Waals surface area contributed by atoms with Gasteiger partial charge in [0, 0.05) is 63.3 Å². The van der Waals surface area contributed by atoms with Crippen molar-refractivity contribution >= 4 is 73.9 Å². The monoisotopic (exact) mass is 799 g/mol. The average molecular weight is 800 g/mol. The Bertz CT molecular complexity index is 3590. The number of rotatable bonds is 6. The third-order valence-electron chi connectivity index (χ3n) is 11.5. The lowest BCUT2D eigenvalue weighted by molar-refractivity contribution is 1.18. The van der Waals surface area contributed by atoms with Crippen LogP contribution in [0, 0.1) is 0 Å². The topological polar surface area (TPSA) is 38.7 Å². The number of hydrogen-bond acceptors (Lipinski definition) is 5. The quantitative estimate of drug-likeness (QED) is 0.168. The molecule has 0 fully saturated rings. The van der Waals surface area contributed by atoms with Crippen molar-refractivity contribution in [3.8, 4) is 67.4 Å². The van der Waals surface area contributed by atoms with Gasteiger partial charge in [0.1, 0.15) is 0 Å². The lowest BCUT2D eigenvalue weighted by Crippen LogP contribution is -1.96. The summed E-state index contributed by atoms with van der Waals surface area (Å²) < 4.78 is 5.06. The number of benzene rings is 8. The van der Waals surface area contributed by atoms with Crippen LogP contribution in [-0.2, 0) is 0 Å². The van der Waals surface area contributed by atoms with Gasteiger partial charge in [0.2, 0.25) is 0 Å². The highest BCUT2D eigenvalue weighted by molar-refractivity contribution is 7.26. The second-order valence-electron chi connectivity index (χ2n) is 15.1. The van der Waals surface area contributed by atoms with E-state index in [0.717, 1.165) is 44.9 Å². The Labute approximate surface area is 354 Å². The van der Waals surface area contributed by atoms with Gasteiger partial charge < -0.3 is 0 Å². The minimum absolute atomic E-state index is 0.697. The van der Waals surface area contributed by atoms with Gasteiger partial charge in [0.25, 0.3) is 0 Å². The molecular formula is C55H33N3S2. The van der Waals surface area contributed by atoms with Gasteiger partial charge in [-0.15, -0.1) is 22.7 Å². The number of hydrogen-bond donors (Lipinski definition) is 0. The van der Waals surface area contributed by atoms with Crippen LogP contribution in [0.3, 0.4) is 0 Å². The molecule has 0 saturated heterocycles. The minimum Gasteiger partial charge on any atom is -0.246 e. The van der Waals surface area contributed by atoms with E-state index in [1.807, 2.05) is 40.9 Å². The standard InChI is InChI=1S/C55H33N3S2/c1-3-13-34(14-4-1)38-29-30-46-45(32-38)51-44-20-8-10-24-50(44)60-54(51)52(56-46)36-27-25-35(26-28-36)47-33-48(58-55(57-47)37-15-5-2-6-16-37)40-18-11-17-39(31-40)41-21-12-22-43-42-19-7-9-23-49(42)59-53(41)43/h1-33H. The fourth-order valence-electron chi connectivity index (χ4n) is 8.57. The molecule has 3 nitrogen and oxygen atoms in total. The van der Waals surface area contributed by atoms with E-state index in [1.54, 1.807) is 0 Å². The molecule has 280 valence electrons. The molecule has 0 amide bonds. The van der Waals surface area contributed by atoms with Crippen LogP contribution in [0.15, 0.2) is 200 Å². The Kier molecular flexibility index (Phi) is 8.22. The van der Waals surface area contributed by atoms with Crippen molar-refractivity contribution in [2.24, 2.45) is 0 Å². The third kappa shape index (κ3) is 5.90. The Morgan fingerprint density at radius 2 is 0.900 bits per heavy atom. The fraction of sp³-hybridized carbons (Fsp3) is 0. The predicted molar refractivity (Wildman–Crippen MR) is 256 cm³/mol. The van der Waals surface area contributed by atoms with Gasteiger partial charge in [-0.1, -0.05) is 164 Å². The molecule has 0 saturated carbocycles. The van der Waals surface area contributed by atoms with Crippen LogP contribution in [0.2, 0.25) is 0 Å². The van der Waals surface area contributed by atoms with Gasteiger partial charge >= 0.3 is 0 Å². The zero-order valence-electron chi connectivity index (χ0n) is 32.2. The van der Waals surface area contributed by atoms with Crippen LogP contribution in [0.25, 0.3) is 119 Å². The molecular weight excluding hydrogens is 767 g/mol. The maximum Gasteiger partial charge on any atom is 0.160 e. The van der Waals surface area contributed by atoms with E-state index in [1.165, 1.54) is 68.0 Å². The van der Waals surface area contributed by atoms with E-state index in [0.29, 0.717) is 5.82 Å². The summed E-state index contributed by atoms with van der Waals surface area (Å²) in [4.78, 5) is 15.7. The van der Waals surface area contributed by atoms with Crippen molar-refractivity contribution < 1.29 is 0 Å². The van der Waals surface area contributed by atoms with Gasteiger partial charge in [-0.3, -0.25) is 0 Å². The molecule has 0 aliphatic heterocycles. The lowest BCUT2D eigenvalue weighted by atomic mass is 9.98. The number of pyridine rings is 1. The molecule has 0 radical (unpaired) electrons. The lowest BCUT2D eigenvalue weighted by Gasteiger charge is -2.12. The molecule has 0 bridgehead atoms. The van der Waals surface area contributed by atoms with Crippen LogP contribution in [0.5, 0.6) is 0 Å². The molecule has 0 spiro atoms. The molecule has 0 atom stereocenters. The molecule has 60 heavy (non-hydrogen) atoms. The molecule has 12 aromatic rings. The van der Waals surface area contributed by atoms with Crippen LogP contribution in [-0.4, -0.2) is 15.0 Å². The van der Waals surface area contributed by atoms with E-state index >= 15 is 0 Å². The molecule has 4 aromatic heterocycles. The summed E-state index contributed by atoms with van der Waals surface area (Å²) in [6.07, 6.45) is 0. The van der Waals surface area contributed by atoms with Crippen molar-refractivity contribution in [3.63, 3.8) is 0 Å². The molecule has 12 rings (SSSR count). The van der Waals surface area contributed by atoms with E-state index in [9.17, 15) is 0 Å². The molecule has 5 heteroatoms. The van der Waals surface area contributed by atoms with Crippen LogP contribution < -0.4 is 0 Å². The van der Waals surface area contributed by atoms with E-state index in [4.69, 9.17) is 15.0 Å². The van der Waals surface area contributed by atoms with Crippen molar-refractivity contribution in [1.82, 2.24) is 15.0 Å². The zero-order chi connectivity index (χ0) is 39.6. The summed E-state index contributed by atoms with van der Waals surface area (Å²) in [6.45, 7) is 0. The highest BCUT2D eigenvalue weighted by Gasteiger charge is 2.18. The molecule has 0 aliphatic rings. The highest BCUT2D eigenvalue weighted by atomic mass is 32.1. The van der Waals surface area contributed by atoms with Crippen LogP contribution in [0.1, 0.15) is 0 Å². The maximum absolute atomic E-state index is 5.36. The molecule has 4 heterocycles. The Balaban J connectivity index is 0.972. The first-order chi connectivity index (χ1) is 29.7. The van der Waals surface area contributed by atoms with Gasteiger partial charge in [-0.2, -0.15) is 0 Å². The number of aromatic nitrogens is 3. The first-order valence-electron chi connectivity index (χ1n) is 20.1. The van der Waals surface area contributed by atoms with Crippen molar-refractivity contribution in [2.45, 2.75) is 0 Å². The maximum atomic E-state index is 5.36. The number of nitrogens with zero attached hydrogens (tertiary/aromatic N) is 3. The molecule has 0 aliphatic carbocycles. The third-order valence-corrected chi connectivity index (χ3v) is 13.9. The van der Waals surface area contributed by atoms with E-state index in [-0.39, 0.29) is 0 Å². The van der Waals surface area contributed by atoms with Gasteiger partial charge in [0.15, 0.2) is 5.82 Å². The summed E-state index contributed by atoms with van der Waals surface area (Å²) in [6, 6.07) is 71.2. The molecule has 8 aromatic carbocycles. The Hall–Kier alpha value is -7.31. The molecule has 0 unspecified atom stereocenters. The summed E-state index contributed by atoms with van der Waals surface area (Å²) in [7, 11) is 0. The largest absolute Gasteiger partial charge is 0.246 e. The Morgan fingerprint density at radius 1 is 0.317 bits per heavy atom. The van der Waals surface area contributed by atoms with Gasteiger partial charge in [0.05, 0.1) is 27.3 Å². The van der Waals surface area contributed by atoms with Crippen molar-refractivity contribution in [3.05, 3.63) is 200 Å². The summed E-state index contributed by atoms with van der Waals surface area (Å²) in [5, 5.41) is 6.30. The van der Waals surface area contributed by atoms with E-state index < -0.39 is 0 Å². The Morgan fingerprint density at radius 3 is 1.70 bits per heavy atom. The second kappa shape index (κ2) is 14.2. The number of fused-ring (bicyclic) bond motifs is 8. The fourth-order valence-corrected chi connectivity index (χ4v) is 11.0. The first kappa shape index (κ1) is 34.7. The van der Waals surface area contributed by atoms with Gasteiger partial charge in [-0.05, 0) is 58.7 Å². The van der Waals surface area contributed by atoms with Gasteiger partial charge in [-0.25, -0.2) is 15.0 Å². The SMILES string of the molecule is c1ccc(-c2ccc3nc(-c4ccc(-c5cc(-c6cccc(-c7cccc8c7sc7ccccc78)c6)nc(-c6ccccc6)n5)cc4)c4sc5ccccc5c4c3c2)cc1. The minimum atomic E-state index is 0.697.